The monoisotopic (exact) mass is 157 g/mol. The predicted molar refractivity (Wildman–Crippen MR) is 36.5 cm³/mol. The third-order valence-corrected chi connectivity index (χ3v) is 1.41. The maximum absolute atomic E-state index is 2.27. The molecule has 1 heterocycles. The van der Waals surface area contributed by atoms with E-state index in [1.807, 2.05) is 0 Å². The van der Waals surface area contributed by atoms with Crippen LogP contribution in [-0.2, 0) is 0 Å². The number of halogens is 1. The fourth-order valence-corrected chi connectivity index (χ4v) is 0.909. The van der Waals surface area contributed by atoms with E-state index in [-0.39, 0.29) is 35.5 Å². The minimum atomic E-state index is 0. The molecular formula is C6H12ClMgN. The molecule has 0 amide bonds. The molecule has 0 unspecified atom stereocenters. The van der Waals surface area contributed by atoms with Gasteiger partial charge in [-0.3, -0.25) is 6.54 Å². The Kier molecular flexibility index (Phi) is 10.0. The Morgan fingerprint density at radius 2 is 2.00 bits per heavy atom. The molecule has 1 rings (SSSR count). The maximum Gasteiger partial charge on any atom is 2.00 e. The van der Waals surface area contributed by atoms with E-state index in [9.17, 15) is 0 Å². The van der Waals surface area contributed by atoms with Gasteiger partial charge in [-0.25, -0.2) is 0 Å². The van der Waals surface area contributed by atoms with E-state index >= 15 is 0 Å². The molecule has 0 spiro atoms. The fourth-order valence-electron chi connectivity index (χ4n) is 0.909. The number of likely N-dealkylation sites (tertiary alicyclic amines) is 1. The Morgan fingerprint density at radius 3 is 2.22 bits per heavy atom. The van der Waals surface area contributed by atoms with Crippen molar-refractivity contribution in [1.29, 1.82) is 0 Å². The molecule has 0 bridgehead atoms. The van der Waals surface area contributed by atoms with Crippen molar-refractivity contribution in [3.05, 3.63) is 6.54 Å². The largest absolute Gasteiger partial charge is 2.00 e. The SMILES string of the molecule is CN1[CH-]CCCC1.[Cl-].[Mg+2]. The Hall–Kier alpha value is 1.02. The van der Waals surface area contributed by atoms with Gasteiger partial charge in [-0.05, 0) is 20.0 Å². The van der Waals surface area contributed by atoms with E-state index < -0.39 is 0 Å². The van der Waals surface area contributed by atoms with E-state index in [0.717, 1.165) is 0 Å². The number of nitrogens with zero attached hydrogens (tertiary/aromatic N) is 1. The molecule has 0 aromatic carbocycles. The summed E-state index contributed by atoms with van der Waals surface area (Å²) >= 11 is 0. The van der Waals surface area contributed by atoms with Crippen molar-refractivity contribution >= 4 is 23.1 Å². The maximum atomic E-state index is 2.27. The van der Waals surface area contributed by atoms with Crippen LogP contribution < -0.4 is 12.4 Å². The second-order valence-electron chi connectivity index (χ2n) is 2.16. The average Bonchev–Trinajstić information content (AvgIpc) is 1.69. The first kappa shape index (κ1) is 12.7. The van der Waals surface area contributed by atoms with Crippen LogP contribution in [0.5, 0.6) is 0 Å². The molecule has 0 saturated carbocycles. The third-order valence-electron chi connectivity index (χ3n) is 1.41. The Balaban J connectivity index is 0. The van der Waals surface area contributed by atoms with Gasteiger partial charge in [-0.1, -0.05) is 6.42 Å². The summed E-state index contributed by atoms with van der Waals surface area (Å²) < 4.78 is 0. The van der Waals surface area contributed by atoms with Crippen molar-refractivity contribution in [2.45, 2.75) is 19.3 Å². The van der Waals surface area contributed by atoms with Crippen molar-refractivity contribution in [1.82, 2.24) is 4.90 Å². The number of rotatable bonds is 0. The molecule has 1 aliphatic rings. The topological polar surface area (TPSA) is 3.24 Å². The molecule has 9 heavy (non-hydrogen) atoms. The van der Waals surface area contributed by atoms with Crippen LogP contribution in [0.2, 0.25) is 0 Å². The summed E-state index contributed by atoms with van der Waals surface area (Å²) in [6.07, 6.45) is 4.06. The summed E-state index contributed by atoms with van der Waals surface area (Å²) in [7, 11) is 2.14. The molecule has 1 fully saturated rings. The van der Waals surface area contributed by atoms with Gasteiger partial charge in [-0.15, -0.1) is 0 Å². The van der Waals surface area contributed by atoms with Crippen molar-refractivity contribution in [2.75, 3.05) is 13.6 Å². The summed E-state index contributed by atoms with van der Waals surface area (Å²) in [6.45, 7) is 3.53. The van der Waals surface area contributed by atoms with Gasteiger partial charge in [0.05, 0.1) is 0 Å². The van der Waals surface area contributed by atoms with Gasteiger partial charge in [0.15, 0.2) is 0 Å². The van der Waals surface area contributed by atoms with E-state index in [4.69, 9.17) is 0 Å². The van der Waals surface area contributed by atoms with E-state index in [1.54, 1.807) is 0 Å². The molecule has 50 valence electrons. The molecule has 0 aliphatic carbocycles. The molecule has 0 radical (unpaired) electrons. The number of piperidine rings is 1. The Bertz CT molecular complexity index is 55.0. The van der Waals surface area contributed by atoms with E-state index in [2.05, 4.69) is 18.5 Å². The normalized spacial score (nSPS) is 19.7. The zero-order valence-corrected chi connectivity index (χ0v) is 8.11. The zero-order chi connectivity index (χ0) is 5.11. The first-order valence-corrected chi connectivity index (χ1v) is 2.93. The van der Waals surface area contributed by atoms with Crippen molar-refractivity contribution in [3.63, 3.8) is 0 Å². The Morgan fingerprint density at radius 1 is 1.33 bits per heavy atom. The average molecular weight is 158 g/mol. The molecule has 1 aliphatic heterocycles. The molecule has 1 saturated heterocycles. The van der Waals surface area contributed by atoms with E-state index in [1.165, 1.54) is 25.8 Å². The minimum Gasteiger partial charge on any atom is -1.00 e. The molecule has 0 N–H and O–H groups in total. The summed E-state index contributed by atoms with van der Waals surface area (Å²) in [4.78, 5) is 2.27. The van der Waals surface area contributed by atoms with Crippen LogP contribution in [0.3, 0.4) is 0 Å². The van der Waals surface area contributed by atoms with Crippen LogP contribution in [0.15, 0.2) is 0 Å². The fraction of sp³-hybridized carbons (Fsp3) is 0.833. The van der Waals surface area contributed by atoms with Gasteiger partial charge in [0.25, 0.3) is 0 Å². The van der Waals surface area contributed by atoms with Gasteiger partial charge in [0.1, 0.15) is 0 Å². The summed E-state index contributed by atoms with van der Waals surface area (Å²) in [5.74, 6) is 0. The standard InChI is InChI=1S/C6H12N.ClH.Mg/c1-7-5-3-2-4-6-7;;/h5H,2-4,6H2,1H3;1H;/q-1;;+2/p-1. The van der Waals surface area contributed by atoms with E-state index in [0.29, 0.717) is 0 Å². The molecule has 0 aromatic heterocycles. The summed E-state index contributed by atoms with van der Waals surface area (Å²) in [5.41, 5.74) is 0. The van der Waals surface area contributed by atoms with Crippen LogP contribution in [0.1, 0.15) is 19.3 Å². The minimum absolute atomic E-state index is 0. The van der Waals surface area contributed by atoms with Gasteiger partial charge in [0, 0.05) is 0 Å². The van der Waals surface area contributed by atoms with Crippen molar-refractivity contribution < 1.29 is 12.4 Å². The smallest absolute Gasteiger partial charge is 1.00 e. The quantitative estimate of drug-likeness (QED) is 0.288. The van der Waals surface area contributed by atoms with Crippen LogP contribution in [-0.4, -0.2) is 41.5 Å². The van der Waals surface area contributed by atoms with Crippen molar-refractivity contribution in [2.24, 2.45) is 0 Å². The van der Waals surface area contributed by atoms with Crippen LogP contribution in [0.4, 0.5) is 0 Å². The molecule has 3 heteroatoms. The first-order valence-electron chi connectivity index (χ1n) is 2.93. The van der Waals surface area contributed by atoms with Gasteiger partial charge in [-0.2, -0.15) is 6.42 Å². The molecule has 0 aromatic rings. The predicted octanol–water partition coefficient (Wildman–Crippen LogP) is -2.11. The van der Waals surface area contributed by atoms with Crippen LogP contribution >= 0.6 is 0 Å². The van der Waals surface area contributed by atoms with Gasteiger partial charge >= 0.3 is 23.1 Å². The van der Waals surface area contributed by atoms with Gasteiger partial charge in [0.2, 0.25) is 0 Å². The summed E-state index contributed by atoms with van der Waals surface area (Å²) in [6, 6.07) is 0. The zero-order valence-electron chi connectivity index (χ0n) is 5.94. The first-order chi connectivity index (χ1) is 3.39. The number of hydrogen-bond acceptors (Lipinski definition) is 1. The second kappa shape index (κ2) is 7.13. The molecule has 0 atom stereocenters. The van der Waals surface area contributed by atoms with Crippen molar-refractivity contribution in [3.8, 4) is 0 Å². The van der Waals surface area contributed by atoms with Gasteiger partial charge < -0.3 is 17.3 Å². The molecule has 1 nitrogen and oxygen atoms in total. The molecular weight excluding hydrogens is 146 g/mol. The number of hydrogen-bond donors (Lipinski definition) is 0. The second-order valence-corrected chi connectivity index (χ2v) is 2.16. The van der Waals surface area contributed by atoms with Crippen LogP contribution in [0.25, 0.3) is 0 Å². The Labute approximate surface area is 79.7 Å². The van der Waals surface area contributed by atoms with Crippen LogP contribution in [0, 0.1) is 6.54 Å². The summed E-state index contributed by atoms with van der Waals surface area (Å²) in [5, 5.41) is 0. The third kappa shape index (κ3) is 5.46.